The van der Waals surface area contributed by atoms with E-state index < -0.39 is 0 Å². The van der Waals surface area contributed by atoms with Gasteiger partial charge in [-0.2, -0.15) is 0 Å². The highest BCUT2D eigenvalue weighted by atomic mass is 15.0. The first-order chi connectivity index (χ1) is 20.3. The molecule has 0 amide bonds. The third-order valence-corrected chi connectivity index (χ3v) is 8.52. The maximum atomic E-state index is 5.21. The van der Waals surface area contributed by atoms with E-state index in [1.807, 2.05) is 0 Å². The Kier molecular flexibility index (Phi) is 4.64. The van der Waals surface area contributed by atoms with E-state index in [2.05, 4.69) is 150 Å². The fraction of sp³-hybridized carbons (Fsp3) is 0. The van der Waals surface area contributed by atoms with E-state index in [1.165, 1.54) is 65.5 Å². The van der Waals surface area contributed by atoms with Crippen molar-refractivity contribution in [3.8, 4) is 22.3 Å². The summed E-state index contributed by atoms with van der Waals surface area (Å²) in [6.07, 6.45) is 0. The molecule has 0 aliphatic carbocycles. The Balaban J connectivity index is 1.31. The van der Waals surface area contributed by atoms with Gasteiger partial charge in [0.1, 0.15) is 5.65 Å². The number of imidazole rings is 1. The summed E-state index contributed by atoms with van der Waals surface area (Å²) >= 11 is 0. The summed E-state index contributed by atoms with van der Waals surface area (Å²) in [5.41, 5.74) is 9.20. The third kappa shape index (κ3) is 3.28. The van der Waals surface area contributed by atoms with E-state index in [4.69, 9.17) is 4.98 Å². The number of para-hydroxylation sites is 1. The Bertz CT molecular complexity index is 2470. The van der Waals surface area contributed by atoms with Crippen molar-refractivity contribution in [2.45, 2.75) is 0 Å². The lowest BCUT2D eigenvalue weighted by molar-refractivity contribution is 1.31. The fourth-order valence-electron chi connectivity index (χ4n) is 6.65. The summed E-state index contributed by atoms with van der Waals surface area (Å²) in [7, 11) is 0. The topological polar surface area (TPSA) is 17.3 Å². The molecule has 0 N–H and O–H groups in total. The van der Waals surface area contributed by atoms with E-state index in [9.17, 15) is 0 Å². The zero-order valence-electron chi connectivity index (χ0n) is 22.3. The highest BCUT2D eigenvalue weighted by Crippen LogP contribution is 2.39. The maximum absolute atomic E-state index is 5.21. The summed E-state index contributed by atoms with van der Waals surface area (Å²) in [6, 6.07) is 52.6. The average molecular weight is 521 g/mol. The summed E-state index contributed by atoms with van der Waals surface area (Å²) < 4.78 is 2.32. The van der Waals surface area contributed by atoms with Gasteiger partial charge in [0.05, 0.1) is 16.6 Å². The smallest absolute Gasteiger partial charge is 0.146 e. The molecule has 0 aliphatic rings. The highest BCUT2D eigenvalue weighted by molar-refractivity contribution is 6.15. The first kappa shape index (κ1) is 22.4. The number of pyridine rings is 1. The van der Waals surface area contributed by atoms with Gasteiger partial charge < -0.3 is 0 Å². The fourth-order valence-corrected chi connectivity index (χ4v) is 6.65. The minimum Gasteiger partial charge on any atom is -0.292 e. The second-order valence-electron chi connectivity index (χ2n) is 10.8. The number of fused-ring (bicyclic) bond motifs is 10. The molecule has 9 aromatic rings. The van der Waals surface area contributed by atoms with Gasteiger partial charge in [-0.05, 0) is 79.5 Å². The molecule has 0 bridgehead atoms. The molecule has 2 heterocycles. The summed E-state index contributed by atoms with van der Waals surface area (Å²) in [5, 5.41) is 8.71. The van der Waals surface area contributed by atoms with Crippen molar-refractivity contribution in [3.05, 3.63) is 146 Å². The van der Waals surface area contributed by atoms with E-state index >= 15 is 0 Å². The van der Waals surface area contributed by atoms with Gasteiger partial charge >= 0.3 is 0 Å². The molecular weight excluding hydrogens is 496 g/mol. The third-order valence-electron chi connectivity index (χ3n) is 8.52. The van der Waals surface area contributed by atoms with Gasteiger partial charge in [-0.3, -0.25) is 4.40 Å². The number of rotatable bonds is 2. The molecule has 190 valence electrons. The van der Waals surface area contributed by atoms with Gasteiger partial charge in [-0.25, -0.2) is 4.98 Å². The maximum Gasteiger partial charge on any atom is 0.146 e. The molecule has 0 spiro atoms. The molecule has 0 aliphatic heterocycles. The Morgan fingerprint density at radius 1 is 0.390 bits per heavy atom. The Morgan fingerprint density at radius 3 is 1.93 bits per heavy atom. The van der Waals surface area contributed by atoms with E-state index in [-0.39, 0.29) is 0 Å². The van der Waals surface area contributed by atoms with Crippen LogP contribution in [0.5, 0.6) is 0 Å². The van der Waals surface area contributed by atoms with Crippen molar-refractivity contribution in [2.24, 2.45) is 0 Å². The molecule has 7 aromatic carbocycles. The molecule has 0 fully saturated rings. The molecule has 0 saturated heterocycles. The minimum atomic E-state index is 1.00. The van der Waals surface area contributed by atoms with Crippen LogP contribution in [0.25, 0.3) is 82.2 Å². The van der Waals surface area contributed by atoms with Crippen LogP contribution < -0.4 is 0 Å². The number of aromatic nitrogens is 2. The SMILES string of the molecule is c1ccc(-c2c3ccccc3cc3ccc(-c4ccc5c(c4)nc4c6ccccc6c6ccccc6n54)cc23)cc1. The molecular formula is C39H24N2. The van der Waals surface area contributed by atoms with E-state index in [1.54, 1.807) is 0 Å². The second kappa shape index (κ2) is 8.51. The first-order valence-electron chi connectivity index (χ1n) is 14.1. The molecule has 0 saturated carbocycles. The van der Waals surface area contributed by atoms with E-state index in [0.717, 1.165) is 16.7 Å². The quantitative estimate of drug-likeness (QED) is 0.164. The van der Waals surface area contributed by atoms with Crippen LogP contribution in [0.1, 0.15) is 0 Å². The van der Waals surface area contributed by atoms with Gasteiger partial charge in [0.25, 0.3) is 0 Å². The number of hydrogen-bond donors (Lipinski definition) is 0. The minimum absolute atomic E-state index is 1.00. The lowest BCUT2D eigenvalue weighted by atomic mass is 9.90. The molecule has 0 atom stereocenters. The van der Waals surface area contributed by atoms with E-state index in [0.29, 0.717) is 0 Å². The van der Waals surface area contributed by atoms with Crippen LogP contribution in [0, 0.1) is 0 Å². The van der Waals surface area contributed by atoms with Gasteiger partial charge in [0.15, 0.2) is 0 Å². The van der Waals surface area contributed by atoms with Gasteiger partial charge in [-0.15, -0.1) is 0 Å². The van der Waals surface area contributed by atoms with Crippen molar-refractivity contribution in [2.75, 3.05) is 0 Å². The van der Waals surface area contributed by atoms with Crippen LogP contribution in [-0.4, -0.2) is 9.38 Å². The number of nitrogens with zero attached hydrogens (tertiary/aromatic N) is 2. The summed E-state index contributed by atoms with van der Waals surface area (Å²) in [4.78, 5) is 5.21. The normalized spacial score (nSPS) is 11.9. The van der Waals surface area contributed by atoms with Crippen molar-refractivity contribution >= 4 is 59.9 Å². The standard InChI is InChI=1S/C39H24N2/c1-2-10-25(11-3-1)38-30-13-5-4-12-28(30)22-29-19-18-26(23-34(29)38)27-20-21-37-35(24-27)40-39-33-16-7-6-14-31(33)32-15-8-9-17-36(32)41(37)39/h1-24H. The average Bonchev–Trinajstić information content (AvgIpc) is 3.43. The Hall–Kier alpha value is -5.47. The molecule has 0 unspecified atom stereocenters. The largest absolute Gasteiger partial charge is 0.292 e. The van der Waals surface area contributed by atoms with Crippen LogP contribution in [0.15, 0.2) is 146 Å². The van der Waals surface area contributed by atoms with Gasteiger partial charge in [0, 0.05) is 10.8 Å². The van der Waals surface area contributed by atoms with Crippen LogP contribution in [-0.2, 0) is 0 Å². The monoisotopic (exact) mass is 520 g/mol. The molecule has 9 rings (SSSR count). The Labute approximate surface area is 236 Å². The molecule has 41 heavy (non-hydrogen) atoms. The second-order valence-corrected chi connectivity index (χ2v) is 10.8. The molecule has 2 heteroatoms. The van der Waals surface area contributed by atoms with Crippen molar-refractivity contribution in [1.29, 1.82) is 0 Å². The number of benzene rings is 7. The first-order valence-corrected chi connectivity index (χ1v) is 14.1. The predicted molar refractivity (Wildman–Crippen MR) is 174 cm³/mol. The zero-order chi connectivity index (χ0) is 26.9. The summed E-state index contributed by atoms with van der Waals surface area (Å²) in [5.74, 6) is 0. The van der Waals surface area contributed by atoms with Gasteiger partial charge in [0.2, 0.25) is 0 Å². The predicted octanol–water partition coefficient (Wildman–Crippen LogP) is 10.4. The van der Waals surface area contributed by atoms with Crippen LogP contribution in [0.2, 0.25) is 0 Å². The van der Waals surface area contributed by atoms with Crippen molar-refractivity contribution in [1.82, 2.24) is 9.38 Å². The van der Waals surface area contributed by atoms with Crippen LogP contribution in [0.3, 0.4) is 0 Å². The Morgan fingerprint density at radius 2 is 1.05 bits per heavy atom. The van der Waals surface area contributed by atoms with Crippen LogP contribution >= 0.6 is 0 Å². The van der Waals surface area contributed by atoms with Gasteiger partial charge in [-0.1, -0.05) is 115 Å². The lowest BCUT2D eigenvalue weighted by Crippen LogP contribution is -1.91. The van der Waals surface area contributed by atoms with Crippen LogP contribution in [0.4, 0.5) is 0 Å². The molecule has 2 nitrogen and oxygen atoms in total. The zero-order valence-corrected chi connectivity index (χ0v) is 22.3. The number of hydrogen-bond acceptors (Lipinski definition) is 1. The van der Waals surface area contributed by atoms with Crippen molar-refractivity contribution in [3.63, 3.8) is 0 Å². The molecule has 0 radical (unpaired) electrons. The molecule has 2 aromatic heterocycles. The van der Waals surface area contributed by atoms with Crippen molar-refractivity contribution < 1.29 is 0 Å². The summed E-state index contributed by atoms with van der Waals surface area (Å²) in [6.45, 7) is 0. The highest BCUT2D eigenvalue weighted by Gasteiger charge is 2.15. The lowest BCUT2D eigenvalue weighted by Gasteiger charge is -2.14.